The van der Waals surface area contributed by atoms with Gasteiger partial charge in [0.15, 0.2) is 0 Å². The number of carbonyl (C=O) groups is 1. The molecule has 5 nitrogen and oxygen atoms in total. The molecule has 3 atom stereocenters. The van der Waals surface area contributed by atoms with E-state index < -0.39 is 5.41 Å². The Bertz CT molecular complexity index is 434. The normalized spacial score (nSPS) is 28.0. The fraction of sp³-hybridized carbons (Fsp3) is 0.882. The molecule has 0 radical (unpaired) electrons. The molecular formula is C17H29N3O2. The maximum Gasteiger partial charge on any atom is 0.225 e. The molecule has 0 aromatic heterocycles. The summed E-state index contributed by atoms with van der Waals surface area (Å²) >= 11 is 0. The first kappa shape index (κ1) is 17.2. The van der Waals surface area contributed by atoms with Gasteiger partial charge in [-0.2, -0.15) is 5.26 Å². The zero-order chi connectivity index (χ0) is 16.3. The van der Waals surface area contributed by atoms with Crippen LogP contribution in [-0.2, 0) is 4.79 Å². The number of nitrogens with one attached hydrogen (secondary N) is 1. The first-order chi connectivity index (χ1) is 10.3. The van der Waals surface area contributed by atoms with E-state index >= 15 is 0 Å². The highest BCUT2D eigenvalue weighted by Crippen LogP contribution is 2.36. The fourth-order valence-electron chi connectivity index (χ4n) is 3.22. The number of hydrogen-bond donors (Lipinski definition) is 2. The van der Waals surface area contributed by atoms with Crippen LogP contribution in [0.5, 0.6) is 0 Å². The molecule has 124 valence electrons. The molecule has 1 amide bonds. The van der Waals surface area contributed by atoms with Gasteiger partial charge in [-0.05, 0) is 37.5 Å². The largest absolute Gasteiger partial charge is 0.393 e. The molecule has 1 aliphatic carbocycles. The van der Waals surface area contributed by atoms with E-state index in [9.17, 15) is 9.90 Å². The lowest BCUT2D eigenvalue weighted by Crippen LogP contribution is -2.53. The molecule has 1 heterocycles. The van der Waals surface area contributed by atoms with Crippen LogP contribution in [0.3, 0.4) is 0 Å². The number of hydrogen-bond acceptors (Lipinski definition) is 4. The Morgan fingerprint density at radius 3 is 2.64 bits per heavy atom. The molecule has 22 heavy (non-hydrogen) atoms. The van der Waals surface area contributed by atoms with Crippen molar-refractivity contribution in [1.29, 1.82) is 5.26 Å². The molecule has 1 saturated carbocycles. The van der Waals surface area contributed by atoms with Crippen LogP contribution in [-0.4, -0.2) is 47.7 Å². The van der Waals surface area contributed by atoms with E-state index in [1.807, 2.05) is 20.8 Å². The minimum Gasteiger partial charge on any atom is -0.393 e. The van der Waals surface area contributed by atoms with Gasteiger partial charge >= 0.3 is 0 Å². The van der Waals surface area contributed by atoms with Crippen molar-refractivity contribution in [2.45, 2.75) is 58.6 Å². The number of aliphatic hydroxyl groups is 1. The summed E-state index contributed by atoms with van der Waals surface area (Å²) in [6.45, 7) is 7.69. The third-order valence-corrected chi connectivity index (χ3v) is 4.66. The van der Waals surface area contributed by atoms with Gasteiger partial charge in [0.25, 0.3) is 0 Å². The summed E-state index contributed by atoms with van der Waals surface area (Å²) in [6, 6.07) is 2.28. The van der Waals surface area contributed by atoms with Gasteiger partial charge in [0, 0.05) is 24.5 Å². The second-order valence-electron chi connectivity index (χ2n) is 8.01. The summed E-state index contributed by atoms with van der Waals surface area (Å²) in [5, 5.41) is 22.3. The quantitative estimate of drug-likeness (QED) is 0.755. The smallest absolute Gasteiger partial charge is 0.225 e. The van der Waals surface area contributed by atoms with Crippen molar-refractivity contribution in [3.05, 3.63) is 0 Å². The Labute approximate surface area is 133 Å². The zero-order valence-corrected chi connectivity index (χ0v) is 14.0. The number of nitrogens with zero attached hydrogens (tertiary/aromatic N) is 2. The number of aliphatic hydroxyl groups excluding tert-OH is 1. The van der Waals surface area contributed by atoms with Gasteiger partial charge in [0.2, 0.25) is 5.91 Å². The van der Waals surface area contributed by atoms with Gasteiger partial charge in [-0.25, -0.2) is 0 Å². The fourth-order valence-corrected chi connectivity index (χ4v) is 3.22. The predicted molar refractivity (Wildman–Crippen MR) is 84.9 cm³/mol. The van der Waals surface area contributed by atoms with E-state index in [4.69, 9.17) is 5.26 Å². The van der Waals surface area contributed by atoms with Crippen LogP contribution in [0.2, 0.25) is 0 Å². The highest BCUT2D eigenvalue weighted by atomic mass is 16.3. The van der Waals surface area contributed by atoms with Crippen LogP contribution >= 0.6 is 0 Å². The summed E-state index contributed by atoms with van der Waals surface area (Å²) in [5.41, 5.74) is -0.402. The summed E-state index contributed by atoms with van der Waals surface area (Å²) in [7, 11) is 0. The van der Waals surface area contributed by atoms with Crippen molar-refractivity contribution < 1.29 is 9.90 Å². The monoisotopic (exact) mass is 307 g/mol. The molecule has 1 saturated heterocycles. The van der Waals surface area contributed by atoms with Crippen LogP contribution in [0.25, 0.3) is 0 Å². The Morgan fingerprint density at radius 1 is 1.41 bits per heavy atom. The van der Waals surface area contributed by atoms with E-state index in [2.05, 4.69) is 16.3 Å². The number of likely N-dealkylation sites (tertiary alicyclic amines) is 1. The molecule has 2 rings (SSSR count). The SMILES string of the molecule is CC(C)(C)C(=O)NC1CC(CC(O)C2CC2)CN(CC#N)C1. The molecular weight excluding hydrogens is 278 g/mol. The average Bonchev–Trinajstić information content (AvgIpc) is 3.21. The third kappa shape index (κ3) is 4.96. The summed E-state index contributed by atoms with van der Waals surface area (Å²) in [6.07, 6.45) is 3.74. The molecule has 0 bridgehead atoms. The Morgan fingerprint density at radius 2 is 2.09 bits per heavy atom. The van der Waals surface area contributed by atoms with E-state index in [1.54, 1.807) is 0 Å². The van der Waals surface area contributed by atoms with Crippen molar-refractivity contribution in [1.82, 2.24) is 10.2 Å². The van der Waals surface area contributed by atoms with Crippen LogP contribution in [0.15, 0.2) is 0 Å². The van der Waals surface area contributed by atoms with Crippen LogP contribution < -0.4 is 5.32 Å². The standard InChI is InChI=1S/C17H29N3O2/c1-17(2,3)16(22)19-14-8-12(9-15(21)13-4-5-13)10-20(11-14)7-6-18/h12-15,21H,4-5,7-11H2,1-3H3,(H,19,22). The third-order valence-electron chi connectivity index (χ3n) is 4.66. The van der Waals surface area contributed by atoms with E-state index in [-0.39, 0.29) is 18.1 Å². The van der Waals surface area contributed by atoms with Gasteiger partial charge in [0.1, 0.15) is 0 Å². The molecule has 2 fully saturated rings. The lowest BCUT2D eigenvalue weighted by Gasteiger charge is -2.38. The Balaban J connectivity index is 1.93. The maximum atomic E-state index is 12.2. The molecule has 1 aliphatic heterocycles. The van der Waals surface area contributed by atoms with Gasteiger partial charge in [-0.3, -0.25) is 9.69 Å². The molecule has 0 aromatic carbocycles. The second kappa shape index (κ2) is 6.97. The highest BCUT2D eigenvalue weighted by Gasteiger charge is 2.35. The van der Waals surface area contributed by atoms with Crippen molar-refractivity contribution in [3.8, 4) is 6.07 Å². The highest BCUT2D eigenvalue weighted by molar-refractivity contribution is 5.81. The number of amides is 1. The molecule has 2 N–H and O–H groups in total. The van der Waals surface area contributed by atoms with E-state index in [0.29, 0.717) is 18.4 Å². The van der Waals surface area contributed by atoms with Crippen LogP contribution in [0.1, 0.15) is 46.5 Å². The molecule has 3 unspecified atom stereocenters. The number of nitriles is 1. The Hall–Kier alpha value is -1.12. The molecule has 0 aromatic rings. The zero-order valence-electron chi connectivity index (χ0n) is 14.0. The Kier molecular flexibility index (Phi) is 5.46. The van der Waals surface area contributed by atoms with Gasteiger partial charge in [-0.1, -0.05) is 20.8 Å². The van der Waals surface area contributed by atoms with Crippen LogP contribution in [0.4, 0.5) is 0 Å². The lowest BCUT2D eigenvalue weighted by atomic mass is 9.87. The number of rotatable bonds is 5. The van der Waals surface area contributed by atoms with Gasteiger partial charge < -0.3 is 10.4 Å². The van der Waals surface area contributed by atoms with Crippen molar-refractivity contribution in [3.63, 3.8) is 0 Å². The lowest BCUT2D eigenvalue weighted by molar-refractivity contribution is -0.129. The summed E-state index contributed by atoms with van der Waals surface area (Å²) < 4.78 is 0. The van der Waals surface area contributed by atoms with Crippen molar-refractivity contribution >= 4 is 5.91 Å². The van der Waals surface area contributed by atoms with Crippen molar-refractivity contribution in [2.24, 2.45) is 17.3 Å². The first-order valence-corrected chi connectivity index (χ1v) is 8.38. The molecule has 5 heteroatoms. The minimum atomic E-state index is -0.402. The number of piperidine rings is 1. The maximum absolute atomic E-state index is 12.2. The number of carbonyl (C=O) groups excluding carboxylic acids is 1. The van der Waals surface area contributed by atoms with E-state index in [1.165, 1.54) is 0 Å². The van der Waals surface area contributed by atoms with Gasteiger partial charge in [-0.15, -0.1) is 0 Å². The summed E-state index contributed by atoms with van der Waals surface area (Å²) in [4.78, 5) is 14.3. The minimum absolute atomic E-state index is 0.0535. The van der Waals surface area contributed by atoms with Gasteiger partial charge in [0.05, 0.1) is 18.7 Å². The van der Waals surface area contributed by atoms with Crippen LogP contribution in [0, 0.1) is 28.6 Å². The second-order valence-corrected chi connectivity index (χ2v) is 8.01. The molecule has 0 spiro atoms. The van der Waals surface area contributed by atoms with Crippen molar-refractivity contribution in [2.75, 3.05) is 19.6 Å². The topological polar surface area (TPSA) is 76.4 Å². The summed E-state index contributed by atoms with van der Waals surface area (Å²) in [5.74, 6) is 0.884. The average molecular weight is 307 g/mol. The molecule has 2 aliphatic rings. The predicted octanol–water partition coefficient (Wildman–Crippen LogP) is 1.52. The van der Waals surface area contributed by atoms with E-state index in [0.717, 1.165) is 38.8 Å². The first-order valence-electron chi connectivity index (χ1n) is 8.38.